The SMILES string of the molecule is COc1c(C(O)CCC(=O)O)c(C)nn1C. The van der Waals surface area contributed by atoms with Crippen molar-refractivity contribution in [3.05, 3.63) is 11.3 Å². The average Bonchev–Trinajstić information content (AvgIpc) is 2.49. The molecule has 0 saturated carbocycles. The fraction of sp³-hybridized carbons (Fsp3) is 0.600. The minimum atomic E-state index is -0.931. The van der Waals surface area contributed by atoms with Crippen LogP contribution in [-0.2, 0) is 11.8 Å². The number of aromatic nitrogens is 2. The van der Waals surface area contributed by atoms with E-state index in [9.17, 15) is 9.90 Å². The van der Waals surface area contributed by atoms with Gasteiger partial charge in [-0.1, -0.05) is 0 Å². The van der Waals surface area contributed by atoms with Crippen LogP contribution in [0.25, 0.3) is 0 Å². The number of methoxy groups -OCH3 is 1. The summed E-state index contributed by atoms with van der Waals surface area (Å²) in [4.78, 5) is 10.4. The summed E-state index contributed by atoms with van der Waals surface area (Å²) in [5.41, 5.74) is 1.21. The van der Waals surface area contributed by atoms with Gasteiger partial charge in [0.2, 0.25) is 5.88 Å². The molecule has 0 aliphatic heterocycles. The standard InChI is InChI=1S/C10H16N2O4/c1-6-9(7(13)4-5-8(14)15)10(16-3)12(2)11-6/h7,13H,4-5H2,1-3H3,(H,14,15). The number of carboxylic acid groups (broad SMARTS) is 1. The van der Waals surface area contributed by atoms with Crippen molar-refractivity contribution in [3.8, 4) is 5.88 Å². The molecule has 16 heavy (non-hydrogen) atoms. The molecule has 6 heteroatoms. The molecule has 0 amide bonds. The molecule has 1 aromatic heterocycles. The first kappa shape index (κ1) is 12.5. The van der Waals surface area contributed by atoms with E-state index in [1.807, 2.05) is 0 Å². The van der Waals surface area contributed by atoms with Crippen LogP contribution in [0.3, 0.4) is 0 Å². The van der Waals surface area contributed by atoms with E-state index in [1.54, 1.807) is 14.0 Å². The van der Waals surface area contributed by atoms with Crippen molar-refractivity contribution < 1.29 is 19.7 Å². The third-order valence-electron chi connectivity index (χ3n) is 2.37. The van der Waals surface area contributed by atoms with Gasteiger partial charge in [0.05, 0.1) is 24.5 Å². The Bertz CT molecular complexity index is 386. The van der Waals surface area contributed by atoms with Crippen molar-refractivity contribution >= 4 is 5.97 Å². The van der Waals surface area contributed by atoms with Gasteiger partial charge in [0.15, 0.2) is 0 Å². The van der Waals surface area contributed by atoms with Crippen molar-refractivity contribution in [2.45, 2.75) is 25.9 Å². The number of aliphatic hydroxyl groups is 1. The van der Waals surface area contributed by atoms with Crippen molar-refractivity contribution in [2.75, 3.05) is 7.11 Å². The Balaban J connectivity index is 2.89. The lowest BCUT2D eigenvalue weighted by Gasteiger charge is -2.10. The summed E-state index contributed by atoms with van der Waals surface area (Å²) in [5.74, 6) is -0.463. The Morgan fingerprint density at radius 1 is 1.62 bits per heavy atom. The van der Waals surface area contributed by atoms with E-state index in [0.29, 0.717) is 17.1 Å². The van der Waals surface area contributed by atoms with Gasteiger partial charge in [0, 0.05) is 13.5 Å². The van der Waals surface area contributed by atoms with Crippen molar-refractivity contribution in [3.63, 3.8) is 0 Å². The third-order valence-corrected chi connectivity index (χ3v) is 2.37. The summed E-state index contributed by atoms with van der Waals surface area (Å²) in [6.45, 7) is 1.75. The van der Waals surface area contributed by atoms with Crippen molar-refractivity contribution in [1.82, 2.24) is 9.78 Å². The lowest BCUT2D eigenvalue weighted by atomic mass is 10.1. The van der Waals surface area contributed by atoms with Gasteiger partial charge in [-0.25, -0.2) is 4.68 Å². The van der Waals surface area contributed by atoms with Crippen LogP contribution in [-0.4, -0.2) is 33.1 Å². The first-order valence-electron chi connectivity index (χ1n) is 4.94. The van der Waals surface area contributed by atoms with Gasteiger partial charge >= 0.3 is 5.97 Å². The number of aliphatic carboxylic acids is 1. The summed E-state index contributed by atoms with van der Waals surface area (Å²) in [6, 6.07) is 0. The first-order valence-corrected chi connectivity index (χ1v) is 4.94. The molecule has 1 rings (SSSR count). The molecule has 6 nitrogen and oxygen atoms in total. The maximum atomic E-state index is 10.4. The highest BCUT2D eigenvalue weighted by molar-refractivity contribution is 5.66. The summed E-state index contributed by atoms with van der Waals surface area (Å²) in [5, 5.41) is 22.5. The predicted octanol–water partition coefficient (Wildman–Crippen LogP) is 0.635. The summed E-state index contributed by atoms with van der Waals surface area (Å²) in [6.07, 6.45) is -0.795. The molecule has 1 heterocycles. The average molecular weight is 228 g/mol. The molecular weight excluding hydrogens is 212 g/mol. The molecule has 0 aliphatic rings. The molecular formula is C10H16N2O4. The zero-order chi connectivity index (χ0) is 12.3. The van der Waals surface area contributed by atoms with Crippen LogP contribution in [0.2, 0.25) is 0 Å². The Morgan fingerprint density at radius 2 is 2.25 bits per heavy atom. The monoisotopic (exact) mass is 228 g/mol. The van der Waals surface area contributed by atoms with E-state index >= 15 is 0 Å². The fourth-order valence-electron chi connectivity index (χ4n) is 1.68. The second kappa shape index (κ2) is 4.98. The third kappa shape index (κ3) is 2.52. The lowest BCUT2D eigenvalue weighted by molar-refractivity contribution is -0.137. The highest BCUT2D eigenvalue weighted by Gasteiger charge is 2.21. The van der Waals surface area contributed by atoms with E-state index < -0.39 is 12.1 Å². The zero-order valence-corrected chi connectivity index (χ0v) is 9.60. The fourth-order valence-corrected chi connectivity index (χ4v) is 1.68. The summed E-state index contributed by atoms with van der Waals surface area (Å²) >= 11 is 0. The van der Waals surface area contributed by atoms with Crippen molar-refractivity contribution in [1.29, 1.82) is 0 Å². The van der Waals surface area contributed by atoms with E-state index in [0.717, 1.165) is 0 Å². The van der Waals surface area contributed by atoms with E-state index in [-0.39, 0.29) is 12.8 Å². The number of carbonyl (C=O) groups is 1. The lowest BCUT2D eigenvalue weighted by Crippen LogP contribution is -2.05. The second-order valence-electron chi connectivity index (χ2n) is 3.58. The van der Waals surface area contributed by atoms with E-state index in [2.05, 4.69) is 5.10 Å². The number of aryl methyl sites for hydroxylation is 2. The topological polar surface area (TPSA) is 84.6 Å². The molecule has 1 atom stereocenters. The number of carboxylic acids is 1. The first-order chi connectivity index (χ1) is 7.47. The number of ether oxygens (including phenoxy) is 1. The van der Waals surface area contributed by atoms with E-state index in [1.165, 1.54) is 11.8 Å². The molecule has 1 aromatic rings. The van der Waals surface area contributed by atoms with Gasteiger partial charge < -0.3 is 14.9 Å². The molecule has 2 N–H and O–H groups in total. The van der Waals surface area contributed by atoms with Crippen LogP contribution in [0.5, 0.6) is 5.88 Å². The molecule has 0 bridgehead atoms. The Hall–Kier alpha value is -1.56. The smallest absolute Gasteiger partial charge is 0.303 e. The van der Waals surface area contributed by atoms with Gasteiger partial charge in [-0.2, -0.15) is 5.10 Å². The molecule has 90 valence electrons. The predicted molar refractivity (Wildman–Crippen MR) is 56.3 cm³/mol. The van der Waals surface area contributed by atoms with Crippen LogP contribution in [0.1, 0.15) is 30.2 Å². The maximum Gasteiger partial charge on any atom is 0.303 e. The zero-order valence-electron chi connectivity index (χ0n) is 9.60. The van der Waals surface area contributed by atoms with Gasteiger partial charge in [-0.3, -0.25) is 4.79 Å². The van der Waals surface area contributed by atoms with Gasteiger partial charge in [0.25, 0.3) is 0 Å². The van der Waals surface area contributed by atoms with Crippen LogP contribution in [0.15, 0.2) is 0 Å². The van der Waals surface area contributed by atoms with Crippen molar-refractivity contribution in [2.24, 2.45) is 7.05 Å². The summed E-state index contributed by atoms with van der Waals surface area (Å²) in [7, 11) is 3.20. The van der Waals surface area contributed by atoms with Crippen LogP contribution in [0.4, 0.5) is 0 Å². The van der Waals surface area contributed by atoms with Gasteiger partial charge in [-0.15, -0.1) is 0 Å². The summed E-state index contributed by atoms with van der Waals surface area (Å²) < 4.78 is 6.64. The van der Waals surface area contributed by atoms with Gasteiger partial charge in [-0.05, 0) is 13.3 Å². The number of nitrogens with zero attached hydrogens (tertiary/aromatic N) is 2. The number of aliphatic hydroxyl groups excluding tert-OH is 1. The molecule has 0 fully saturated rings. The largest absolute Gasteiger partial charge is 0.481 e. The quantitative estimate of drug-likeness (QED) is 0.772. The Kier molecular flexibility index (Phi) is 3.89. The van der Waals surface area contributed by atoms with E-state index in [4.69, 9.17) is 9.84 Å². The second-order valence-corrected chi connectivity index (χ2v) is 3.58. The van der Waals surface area contributed by atoms with Crippen LogP contribution >= 0.6 is 0 Å². The number of hydrogen-bond donors (Lipinski definition) is 2. The molecule has 0 aliphatic carbocycles. The number of hydrogen-bond acceptors (Lipinski definition) is 4. The minimum Gasteiger partial charge on any atom is -0.481 e. The molecule has 0 aromatic carbocycles. The Labute approximate surface area is 93.5 Å². The highest BCUT2D eigenvalue weighted by Crippen LogP contribution is 2.30. The normalized spacial score (nSPS) is 12.5. The van der Waals surface area contributed by atoms with Crippen LogP contribution < -0.4 is 4.74 Å². The molecule has 1 unspecified atom stereocenters. The Morgan fingerprint density at radius 3 is 2.75 bits per heavy atom. The molecule has 0 saturated heterocycles. The highest BCUT2D eigenvalue weighted by atomic mass is 16.5. The maximum absolute atomic E-state index is 10.4. The molecule has 0 radical (unpaired) electrons. The van der Waals surface area contributed by atoms with Gasteiger partial charge in [0.1, 0.15) is 0 Å². The minimum absolute atomic E-state index is 0.0847. The number of rotatable bonds is 5. The molecule has 0 spiro atoms. The van der Waals surface area contributed by atoms with Crippen LogP contribution in [0, 0.1) is 6.92 Å².